The Morgan fingerprint density at radius 3 is 2.61 bits per heavy atom. The van der Waals surface area contributed by atoms with E-state index in [1.807, 2.05) is 50.2 Å². The van der Waals surface area contributed by atoms with E-state index in [0.29, 0.717) is 30.8 Å². The number of aliphatic hydroxyl groups excluding tert-OH is 1. The van der Waals surface area contributed by atoms with Gasteiger partial charge in [0.2, 0.25) is 0 Å². The first-order valence-electron chi connectivity index (χ1n) is 12.1. The quantitative estimate of drug-likeness (QED) is 0.369. The molecule has 0 amide bonds. The van der Waals surface area contributed by atoms with Crippen LogP contribution in [0, 0.1) is 31.1 Å². The third-order valence-electron chi connectivity index (χ3n) is 6.39. The van der Waals surface area contributed by atoms with Gasteiger partial charge in [-0.05, 0) is 48.1 Å². The lowest BCUT2D eigenvalue weighted by atomic mass is 9.88. The van der Waals surface area contributed by atoms with Crippen molar-refractivity contribution < 1.29 is 33.6 Å². The van der Waals surface area contributed by atoms with Crippen LogP contribution < -0.4 is 9.47 Å². The average molecular weight is 495 g/mol. The Morgan fingerprint density at radius 2 is 1.94 bits per heavy atom. The van der Waals surface area contributed by atoms with Gasteiger partial charge in [-0.1, -0.05) is 38.1 Å². The van der Waals surface area contributed by atoms with Crippen molar-refractivity contribution in [2.24, 2.45) is 11.8 Å². The molecule has 192 valence electrons. The number of cyclic esters (lactones) is 1. The number of esters is 2. The number of hydrogen-bond donors (Lipinski definition) is 1. The third kappa shape index (κ3) is 6.79. The van der Waals surface area contributed by atoms with Crippen LogP contribution in [0.3, 0.4) is 0 Å². The lowest BCUT2D eigenvalue weighted by Crippen LogP contribution is -2.35. The van der Waals surface area contributed by atoms with Crippen LogP contribution in [0.2, 0.25) is 0 Å². The standard InChI is InChI=1S/C29H34O7/c1-6-7-19(3)28(31)35-17-23(30)14-20(4)25-15-22-11-8-18(2)27(26(22)29(32)36-25)34-16-21-9-12-24(33-5)13-10-21/h1,8-13,19-20,23,25,30H,7,14-17H2,2-5H3/t19-,20+,23?,25-/m1/s1. The summed E-state index contributed by atoms with van der Waals surface area (Å²) in [6.07, 6.45) is 5.05. The first-order valence-corrected chi connectivity index (χ1v) is 12.1. The molecule has 0 fully saturated rings. The molecule has 0 saturated heterocycles. The Kier molecular flexibility index (Phi) is 9.38. The zero-order valence-electron chi connectivity index (χ0n) is 21.3. The van der Waals surface area contributed by atoms with Crippen molar-refractivity contribution in [2.45, 2.75) is 58.8 Å². The Balaban J connectivity index is 1.62. The summed E-state index contributed by atoms with van der Waals surface area (Å²) in [5.74, 6) is 2.27. The van der Waals surface area contributed by atoms with Gasteiger partial charge in [0, 0.05) is 12.8 Å². The summed E-state index contributed by atoms with van der Waals surface area (Å²) in [5.41, 5.74) is 3.10. The number of rotatable bonds is 11. The summed E-state index contributed by atoms with van der Waals surface area (Å²) in [6, 6.07) is 11.4. The highest BCUT2D eigenvalue weighted by Gasteiger charge is 2.34. The molecule has 0 radical (unpaired) electrons. The van der Waals surface area contributed by atoms with Gasteiger partial charge in [0.1, 0.15) is 36.4 Å². The summed E-state index contributed by atoms with van der Waals surface area (Å²) < 4.78 is 22.2. The SMILES string of the molecule is C#CC[C@@H](C)C(=O)OCC(O)C[C@H](C)[C@H]1Cc2ccc(C)c(OCc3ccc(OC)cc3)c2C(=O)O1. The van der Waals surface area contributed by atoms with E-state index in [1.54, 1.807) is 14.0 Å². The van der Waals surface area contributed by atoms with Gasteiger partial charge in [-0.3, -0.25) is 4.79 Å². The molecule has 0 aromatic heterocycles. The normalized spacial score (nSPS) is 17.1. The predicted octanol–water partition coefficient (Wildman–Crippen LogP) is 4.25. The highest BCUT2D eigenvalue weighted by molar-refractivity contribution is 5.95. The maximum absolute atomic E-state index is 13.0. The molecule has 4 atom stereocenters. The number of ether oxygens (including phenoxy) is 4. The Morgan fingerprint density at radius 1 is 1.22 bits per heavy atom. The van der Waals surface area contributed by atoms with Crippen LogP contribution in [0.5, 0.6) is 11.5 Å². The maximum atomic E-state index is 13.0. The molecule has 1 aliphatic rings. The number of terminal acetylenes is 1. The molecule has 2 aromatic carbocycles. The molecule has 7 nitrogen and oxygen atoms in total. The van der Waals surface area contributed by atoms with E-state index >= 15 is 0 Å². The number of benzene rings is 2. The molecule has 0 saturated carbocycles. The Labute approximate surface area is 212 Å². The number of aliphatic hydroxyl groups is 1. The Hall–Kier alpha value is -3.50. The third-order valence-corrected chi connectivity index (χ3v) is 6.39. The van der Waals surface area contributed by atoms with Crippen LogP contribution in [0.4, 0.5) is 0 Å². The van der Waals surface area contributed by atoms with Gasteiger partial charge in [-0.15, -0.1) is 12.3 Å². The second-order valence-electron chi connectivity index (χ2n) is 9.34. The van der Waals surface area contributed by atoms with Crippen molar-refractivity contribution >= 4 is 11.9 Å². The van der Waals surface area contributed by atoms with Crippen molar-refractivity contribution in [1.29, 1.82) is 0 Å². The van der Waals surface area contributed by atoms with Crippen molar-refractivity contribution in [3.8, 4) is 23.8 Å². The fraction of sp³-hybridized carbons (Fsp3) is 0.448. The molecule has 0 bridgehead atoms. The fourth-order valence-corrected chi connectivity index (χ4v) is 4.19. The summed E-state index contributed by atoms with van der Waals surface area (Å²) >= 11 is 0. The fourth-order valence-electron chi connectivity index (χ4n) is 4.19. The number of methoxy groups -OCH3 is 1. The van der Waals surface area contributed by atoms with E-state index in [4.69, 9.17) is 25.4 Å². The molecule has 3 rings (SSSR count). The minimum atomic E-state index is -0.872. The van der Waals surface area contributed by atoms with Crippen molar-refractivity contribution in [1.82, 2.24) is 0 Å². The molecule has 1 N–H and O–H groups in total. The first-order chi connectivity index (χ1) is 17.2. The van der Waals surface area contributed by atoms with Crippen LogP contribution in [-0.4, -0.2) is 43.0 Å². The van der Waals surface area contributed by atoms with Gasteiger partial charge in [0.15, 0.2) is 0 Å². The van der Waals surface area contributed by atoms with Gasteiger partial charge in [-0.2, -0.15) is 0 Å². The molecule has 0 spiro atoms. The van der Waals surface area contributed by atoms with Crippen LogP contribution in [0.25, 0.3) is 0 Å². The monoisotopic (exact) mass is 494 g/mol. The topological polar surface area (TPSA) is 91.3 Å². The van der Waals surface area contributed by atoms with Gasteiger partial charge in [-0.25, -0.2) is 4.79 Å². The first kappa shape index (κ1) is 27.1. The van der Waals surface area contributed by atoms with Crippen LogP contribution in [-0.2, 0) is 27.3 Å². The van der Waals surface area contributed by atoms with E-state index in [0.717, 1.165) is 22.4 Å². The van der Waals surface area contributed by atoms with Crippen molar-refractivity contribution in [3.63, 3.8) is 0 Å². The highest BCUT2D eigenvalue weighted by atomic mass is 16.6. The number of fused-ring (bicyclic) bond motifs is 1. The molecule has 0 aliphatic carbocycles. The molecule has 7 heteroatoms. The second kappa shape index (κ2) is 12.5. The molecule has 1 aliphatic heterocycles. The summed E-state index contributed by atoms with van der Waals surface area (Å²) in [6.45, 7) is 5.67. The van der Waals surface area contributed by atoms with E-state index < -0.39 is 30.1 Å². The second-order valence-corrected chi connectivity index (χ2v) is 9.34. The smallest absolute Gasteiger partial charge is 0.342 e. The zero-order valence-corrected chi connectivity index (χ0v) is 21.3. The summed E-state index contributed by atoms with van der Waals surface area (Å²) in [7, 11) is 1.61. The largest absolute Gasteiger partial charge is 0.497 e. The van der Waals surface area contributed by atoms with E-state index in [-0.39, 0.29) is 18.9 Å². The van der Waals surface area contributed by atoms with Gasteiger partial charge < -0.3 is 24.1 Å². The molecule has 36 heavy (non-hydrogen) atoms. The summed E-state index contributed by atoms with van der Waals surface area (Å²) in [5, 5.41) is 10.4. The minimum absolute atomic E-state index is 0.127. The predicted molar refractivity (Wildman–Crippen MR) is 135 cm³/mol. The zero-order chi connectivity index (χ0) is 26.2. The van der Waals surface area contributed by atoms with Crippen molar-refractivity contribution in [2.75, 3.05) is 13.7 Å². The van der Waals surface area contributed by atoms with Gasteiger partial charge >= 0.3 is 11.9 Å². The summed E-state index contributed by atoms with van der Waals surface area (Å²) in [4.78, 5) is 25.0. The number of aryl methyl sites for hydroxylation is 1. The lowest BCUT2D eigenvalue weighted by molar-refractivity contribution is -0.151. The molecule has 1 unspecified atom stereocenters. The molecular weight excluding hydrogens is 460 g/mol. The van der Waals surface area contributed by atoms with Gasteiger partial charge in [0.05, 0.1) is 19.1 Å². The molecule has 2 aromatic rings. The lowest BCUT2D eigenvalue weighted by Gasteiger charge is -2.31. The van der Waals surface area contributed by atoms with Crippen LogP contribution in [0.15, 0.2) is 36.4 Å². The van der Waals surface area contributed by atoms with Crippen molar-refractivity contribution in [3.05, 3.63) is 58.7 Å². The van der Waals surface area contributed by atoms with E-state index in [9.17, 15) is 14.7 Å². The maximum Gasteiger partial charge on any atom is 0.342 e. The number of carbonyl (C=O) groups excluding carboxylic acids is 2. The highest BCUT2D eigenvalue weighted by Crippen LogP contribution is 2.35. The number of carbonyl (C=O) groups is 2. The van der Waals surface area contributed by atoms with Crippen LogP contribution in [0.1, 0.15) is 53.7 Å². The molecular formula is C29H34O7. The van der Waals surface area contributed by atoms with E-state index in [1.165, 1.54) is 0 Å². The average Bonchev–Trinajstić information content (AvgIpc) is 2.87. The molecule has 1 heterocycles. The van der Waals surface area contributed by atoms with Crippen LogP contribution >= 0.6 is 0 Å². The Bertz CT molecular complexity index is 1100. The van der Waals surface area contributed by atoms with Gasteiger partial charge in [0.25, 0.3) is 0 Å². The number of hydrogen-bond acceptors (Lipinski definition) is 7. The minimum Gasteiger partial charge on any atom is -0.497 e. The van der Waals surface area contributed by atoms with E-state index in [2.05, 4.69) is 5.92 Å².